The number of carbonyl (C=O) groups excluding carboxylic acids is 1. The van der Waals surface area contributed by atoms with Gasteiger partial charge in [0.05, 0.1) is 0 Å². The average Bonchev–Trinajstić information content (AvgIpc) is 2.28. The molecule has 0 aliphatic heterocycles. The van der Waals surface area contributed by atoms with E-state index in [1.165, 1.54) is 0 Å². The fourth-order valence-corrected chi connectivity index (χ4v) is 0.729. The minimum Gasteiger partial charge on any atom is -0.478 e. The van der Waals surface area contributed by atoms with Crippen LogP contribution in [0.4, 0.5) is 4.79 Å². The monoisotopic (exact) mass is 223 g/mol. The molecule has 1 rings (SSSR count). The van der Waals surface area contributed by atoms with E-state index in [2.05, 4.69) is 11.3 Å². The van der Waals surface area contributed by atoms with Gasteiger partial charge in [-0.3, -0.25) is 0 Å². The van der Waals surface area contributed by atoms with Crippen LogP contribution in [-0.4, -0.2) is 17.2 Å². The van der Waals surface area contributed by atoms with Crippen molar-refractivity contribution in [3.8, 4) is 0 Å². The third-order valence-corrected chi connectivity index (χ3v) is 1.40. The second kappa shape index (κ2) is 8.05. The standard InChI is InChI=1S/C8H9NO2.C3H4O2/c9-8(10)11-6-7-4-2-1-3-5-7;1-2-3(4)5/h1-5H,6H2,(H2,9,10);2H,1H2,(H,4,5). The zero-order chi connectivity index (χ0) is 12.4. The lowest BCUT2D eigenvalue weighted by Crippen LogP contribution is -2.12. The van der Waals surface area contributed by atoms with Crippen LogP contribution >= 0.6 is 0 Å². The number of benzene rings is 1. The van der Waals surface area contributed by atoms with Gasteiger partial charge in [0.25, 0.3) is 0 Å². The smallest absolute Gasteiger partial charge is 0.404 e. The molecule has 3 N–H and O–H groups in total. The quantitative estimate of drug-likeness (QED) is 0.760. The molecular formula is C11H13NO4. The Morgan fingerprint density at radius 1 is 1.38 bits per heavy atom. The van der Waals surface area contributed by atoms with Gasteiger partial charge in [0.2, 0.25) is 0 Å². The molecule has 1 aromatic carbocycles. The van der Waals surface area contributed by atoms with Crippen LogP contribution in [0.5, 0.6) is 0 Å². The molecule has 0 radical (unpaired) electrons. The van der Waals surface area contributed by atoms with Gasteiger partial charge in [-0.15, -0.1) is 0 Å². The Balaban J connectivity index is 0.000000385. The first-order valence-corrected chi connectivity index (χ1v) is 4.37. The Hall–Kier alpha value is -2.30. The molecule has 1 aromatic rings. The summed E-state index contributed by atoms with van der Waals surface area (Å²) in [6, 6.07) is 9.37. The maximum atomic E-state index is 10.2. The zero-order valence-electron chi connectivity index (χ0n) is 8.63. The van der Waals surface area contributed by atoms with Gasteiger partial charge < -0.3 is 15.6 Å². The highest BCUT2D eigenvalue weighted by Crippen LogP contribution is 1.99. The van der Waals surface area contributed by atoms with Crippen molar-refractivity contribution in [1.82, 2.24) is 0 Å². The topological polar surface area (TPSA) is 89.6 Å². The molecule has 0 bridgehead atoms. The van der Waals surface area contributed by atoms with Gasteiger partial charge in [-0.05, 0) is 5.56 Å². The molecule has 0 spiro atoms. The lowest BCUT2D eigenvalue weighted by atomic mass is 10.2. The van der Waals surface area contributed by atoms with Crippen LogP contribution in [0, 0.1) is 0 Å². The summed E-state index contributed by atoms with van der Waals surface area (Å²) in [6.07, 6.45) is 0.0915. The molecule has 0 aliphatic rings. The fraction of sp³-hybridized carbons (Fsp3) is 0.0909. The van der Waals surface area contributed by atoms with E-state index in [9.17, 15) is 9.59 Å². The van der Waals surface area contributed by atoms with Crippen molar-refractivity contribution in [2.75, 3.05) is 0 Å². The molecule has 0 aliphatic carbocycles. The molecule has 5 heteroatoms. The van der Waals surface area contributed by atoms with Crippen LogP contribution in [0.2, 0.25) is 0 Å². The minimum absolute atomic E-state index is 0.246. The molecule has 86 valence electrons. The summed E-state index contributed by atoms with van der Waals surface area (Å²) >= 11 is 0. The number of carboxylic acid groups (broad SMARTS) is 1. The van der Waals surface area contributed by atoms with E-state index in [1.807, 2.05) is 30.3 Å². The summed E-state index contributed by atoms with van der Waals surface area (Å²) in [5.74, 6) is -0.981. The number of primary amides is 1. The summed E-state index contributed by atoms with van der Waals surface area (Å²) in [4.78, 5) is 19.4. The van der Waals surface area contributed by atoms with Crippen LogP contribution in [0.25, 0.3) is 0 Å². The largest absolute Gasteiger partial charge is 0.478 e. The van der Waals surface area contributed by atoms with E-state index in [0.29, 0.717) is 0 Å². The number of aliphatic carboxylic acids is 1. The molecule has 0 saturated carbocycles. The highest BCUT2D eigenvalue weighted by molar-refractivity contribution is 5.78. The van der Waals surface area contributed by atoms with Gasteiger partial charge in [0.1, 0.15) is 6.61 Å². The van der Waals surface area contributed by atoms with Crippen LogP contribution in [0.3, 0.4) is 0 Å². The number of amides is 1. The van der Waals surface area contributed by atoms with E-state index in [0.717, 1.165) is 11.6 Å². The van der Waals surface area contributed by atoms with E-state index in [-0.39, 0.29) is 6.61 Å². The molecular weight excluding hydrogens is 210 g/mol. The third-order valence-electron chi connectivity index (χ3n) is 1.40. The SMILES string of the molecule is C=CC(=O)O.NC(=O)OCc1ccccc1. The first-order chi connectivity index (χ1) is 7.56. The van der Waals surface area contributed by atoms with Crippen LogP contribution in [0.1, 0.15) is 5.56 Å². The number of rotatable bonds is 3. The maximum absolute atomic E-state index is 10.2. The summed E-state index contributed by atoms with van der Waals surface area (Å²) < 4.78 is 4.57. The first-order valence-electron chi connectivity index (χ1n) is 4.37. The Morgan fingerprint density at radius 3 is 2.25 bits per heavy atom. The van der Waals surface area contributed by atoms with Gasteiger partial charge in [0.15, 0.2) is 0 Å². The molecule has 1 amide bonds. The van der Waals surface area contributed by atoms with Crippen LogP contribution in [-0.2, 0) is 16.1 Å². The lowest BCUT2D eigenvalue weighted by molar-refractivity contribution is -0.131. The van der Waals surface area contributed by atoms with Crippen molar-refractivity contribution in [2.45, 2.75) is 6.61 Å². The number of carbonyl (C=O) groups is 2. The summed E-state index contributed by atoms with van der Waals surface area (Å²) in [6.45, 7) is 3.21. The van der Waals surface area contributed by atoms with Crippen LogP contribution in [0.15, 0.2) is 43.0 Å². The summed E-state index contributed by atoms with van der Waals surface area (Å²) in [5, 5.41) is 7.60. The summed E-state index contributed by atoms with van der Waals surface area (Å²) in [5.41, 5.74) is 5.72. The van der Waals surface area contributed by atoms with Crippen molar-refractivity contribution in [1.29, 1.82) is 0 Å². The number of ether oxygens (including phenoxy) is 1. The molecule has 0 fully saturated rings. The van der Waals surface area contributed by atoms with Crippen molar-refractivity contribution in [3.63, 3.8) is 0 Å². The van der Waals surface area contributed by atoms with Crippen LogP contribution < -0.4 is 5.73 Å². The molecule has 0 saturated heterocycles. The van der Waals surface area contributed by atoms with Crippen molar-refractivity contribution in [3.05, 3.63) is 48.6 Å². The fourth-order valence-electron chi connectivity index (χ4n) is 0.729. The van der Waals surface area contributed by atoms with Crippen molar-refractivity contribution < 1.29 is 19.4 Å². The van der Waals surface area contributed by atoms with E-state index < -0.39 is 12.1 Å². The summed E-state index contributed by atoms with van der Waals surface area (Å²) in [7, 11) is 0. The Labute approximate surface area is 93.1 Å². The molecule has 0 unspecified atom stereocenters. The molecule has 0 heterocycles. The van der Waals surface area contributed by atoms with E-state index in [4.69, 9.17) is 10.8 Å². The number of carboxylic acids is 1. The Kier molecular flexibility index (Phi) is 6.89. The van der Waals surface area contributed by atoms with Gasteiger partial charge in [-0.1, -0.05) is 36.9 Å². The normalized spacial score (nSPS) is 8.25. The predicted octanol–water partition coefficient (Wildman–Crippen LogP) is 1.54. The number of hydrogen-bond acceptors (Lipinski definition) is 3. The van der Waals surface area contributed by atoms with Gasteiger partial charge in [-0.2, -0.15) is 0 Å². The molecule has 5 nitrogen and oxygen atoms in total. The maximum Gasteiger partial charge on any atom is 0.404 e. The number of nitrogens with two attached hydrogens (primary N) is 1. The first kappa shape index (κ1) is 13.7. The predicted molar refractivity (Wildman–Crippen MR) is 58.6 cm³/mol. The highest BCUT2D eigenvalue weighted by Gasteiger charge is 1.93. The third kappa shape index (κ3) is 8.31. The Bertz CT molecular complexity index is 348. The van der Waals surface area contributed by atoms with Gasteiger partial charge in [-0.25, -0.2) is 9.59 Å². The average molecular weight is 223 g/mol. The second-order valence-corrected chi connectivity index (χ2v) is 2.64. The van der Waals surface area contributed by atoms with Crippen molar-refractivity contribution in [2.24, 2.45) is 5.73 Å². The lowest BCUT2D eigenvalue weighted by Gasteiger charge is -1.99. The van der Waals surface area contributed by atoms with E-state index >= 15 is 0 Å². The Morgan fingerprint density at radius 2 is 1.88 bits per heavy atom. The minimum atomic E-state index is -0.981. The molecule has 16 heavy (non-hydrogen) atoms. The van der Waals surface area contributed by atoms with Crippen molar-refractivity contribution >= 4 is 12.1 Å². The molecule has 0 aromatic heterocycles. The van der Waals surface area contributed by atoms with Gasteiger partial charge in [0, 0.05) is 6.08 Å². The number of hydrogen-bond donors (Lipinski definition) is 2. The zero-order valence-corrected chi connectivity index (χ0v) is 8.63. The van der Waals surface area contributed by atoms with E-state index in [1.54, 1.807) is 0 Å². The second-order valence-electron chi connectivity index (χ2n) is 2.64. The highest BCUT2D eigenvalue weighted by atomic mass is 16.5. The molecule has 0 atom stereocenters. The van der Waals surface area contributed by atoms with Gasteiger partial charge >= 0.3 is 12.1 Å².